The van der Waals surface area contributed by atoms with Gasteiger partial charge in [-0.05, 0) is 43.0 Å². The Kier molecular flexibility index (Phi) is 3.59. The molecule has 0 saturated heterocycles. The average Bonchev–Trinajstić information content (AvgIpc) is 2.84. The topological polar surface area (TPSA) is 21.3 Å². The lowest BCUT2D eigenvalue weighted by atomic mass is 10.1. The molecule has 1 aliphatic rings. The maximum absolute atomic E-state index is 13.3. The zero-order valence-corrected chi connectivity index (χ0v) is 11.5. The summed E-state index contributed by atoms with van der Waals surface area (Å²) in [4.78, 5) is 0. The minimum atomic E-state index is -0.270. The highest BCUT2D eigenvalue weighted by atomic mass is 19.1. The number of ether oxygens (including phenoxy) is 1. The molecule has 0 spiro atoms. The normalized spacial score (nSPS) is 14.1. The van der Waals surface area contributed by atoms with Crippen molar-refractivity contribution in [2.45, 2.75) is 25.8 Å². The average molecular weight is 271 g/mol. The first-order valence-electron chi connectivity index (χ1n) is 7.02. The summed E-state index contributed by atoms with van der Waals surface area (Å²) in [5.74, 6) is 0.317. The van der Waals surface area contributed by atoms with Crippen molar-refractivity contribution >= 4 is 5.69 Å². The lowest BCUT2D eigenvalue weighted by Gasteiger charge is -2.17. The van der Waals surface area contributed by atoms with Crippen LogP contribution in [0.1, 0.15) is 18.1 Å². The van der Waals surface area contributed by atoms with Gasteiger partial charge in [-0.3, -0.25) is 0 Å². The van der Waals surface area contributed by atoms with Gasteiger partial charge < -0.3 is 10.1 Å². The number of rotatable bonds is 4. The molecule has 0 unspecified atom stereocenters. The molecule has 0 amide bonds. The molecule has 0 atom stereocenters. The highest BCUT2D eigenvalue weighted by Gasteiger charge is 2.21. The van der Waals surface area contributed by atoms with E-state index in [1.807, 2.05) is 6.92 Å². The molecule has 104 valence electrons. The van der Waals surface area contributed by atoms with Gasteiger partial charge >= 0.3 is 0 Å². The van der Waals surface area contributed by atoms with Gasteiger partial charge in [0.1, 0.15) is 11.6 Å². The molecule has 2 aromatic carbocycles. The lowest BCUT2D eigenvalue weighted by molar-refractivity contribution is 0.339. The summed E-state index contributed by atoms with van der Waals surface area (Å²) < 4.78 is 18.8. The Bertz CT molecular complexity index is 587. The van der Waals surface area contributed by atoms with Crippen LogP contribution in [-0.4, -0.2) is 12.6 Å². The summed E-state index contributed by atoms with van der Waals surface area (Å²) in [6.45, 7) is 2.43. The van der Waals surface area contributed by atoms with Crippen LogP contribution >= 0.6 is 0 Å². The largest absolute Gasteiger partial charge is 0.492 e. The number of hydrogen-bond acceptors (Lipinski definition) is 2. The molecule has 0 fully saturated rings. The van der Waals surface area contributed by atoms with Gasteiger partial charge in [-0.1, -0.05) is 24.3 Å². The molecule has 1 aliphatic carbocycles. The molecule has 3 rings (SSSR count). The Morgan fingerprint density at radius 2 is 1.85 bits per heavy atom. The van der Waals surface area contributed by atoms with E-state index < -0.39 is 0 Å². The molecule has 0 bridgehead atoms. The number of nitrogens with one attached hydrogen (secondary N) is 1. The van der Waals surface area contributed by atoms with Crippen molar-refractivity contribution in [3.8, 4) is 5.75 Å². The van der Waals surface area contributed by atoms with Gasteiger partial charge in [0.25, 0.3) is 0 Å². The minimum Gasteiger partial charge on any atom is -0.492 e. The van der Waals surface area contributed by atoms with Crippen molar-refractivity contribution in [2.24, 2.45) is 0 Å². The molecule has 2 nitrogen and oxygen atoms in total. The molecule has 0 radical (unpaired) electrons. The molecule has 2 aromatic rings. The zero-order chi connectivity index (χ0) is 13.9. The van der Waals surface area contributed by atoms with Gasteiger partial charge in [0, 0.05) is 12.1 Å². The first-order chi connectivity index (χ1) is 9.76. The lowest BCUT2D eigenvalue weighted by Crippen LogP contribution is -2.20. The van der Waals surface area contributed by atoms with Gasteiger partial charge in [-0.15, -0.1) is 0 Å². The quantitative estimate of drug-likeness (QED) is 0.913. The second-order valence-corrected chi connectivity index (χ2v) is 5.09. The summed E-state index contributed by atoms with van der Waals surface area (Å²) in [5, 5.41) is 3.48. The fraction of sp³-hybridized carbons (Fsp3) is 0.294. The van der Waals surface area contributed by atoms with E-state index in [1.165, 1.54) is 23.3 Å². The maximum atomic E-state index is 13.3. The number of hydrogen-bond donors (Lipinski definition) is 1. The van der Waals surface area contributed by atoms with Gasteiger partial charge in [0.15, 0.2) is 0 Å². The monoisotopic (exact) mass is 271 g/mol. The van der Waals surface area contributed by atoms with Crippen molar-refractivity contribution < 1.29 is 9.13 Å². The molecule has 1 N–H and O–H groups in total. The SMILES string of the molecule is CCOc1cc(F)ccc1NC1Cc2ccccc2C1. The van der Waals surface area contributed by atoms with Gasteiger partial charge in [0.2, 0.25) is 0 Å². The fourth-order valence-electron chi connectivity index (χ4n) is 2.77. The van der Waals surface area contributed by atoms with Crippen molar-refractivity contribution in [1.29, 1.82) is 0 Å². The molecule has 0 heterocycles. The van der Waals surface area contributed by atoms with Gasteiger partial charge in [-0.2, -0.15) is 0 Å². The van der Waals surface area contributed by atoms with Crippen LogP contribution in [0.3, 0.4) is 0 Å². The Balaban J connectivity index is 1.76. The second-order valence-electron chi connectivity index (χ2n) is 5.09. The Morgan fingerprint density at radius 3 is 2.50 bits per heavy atom. The predicted octanol–water partition coefficient (Wildman–Crippen LogP) is 3.80. The number of halogens is 1. The van der Waals surface area contributed by atoms with Gasteiger partial charge in [0.05, 0.1) is 12.3 Å². The first-order valence-corrected chi connectivity index (χ1v) is 7.02. The van der Waals surface area contributed by atoms with Crippen LogP contribution < -0.4 is 10.1 Å². The summed E-state index contributed by atoms with van der Waals surface area (Å²) in [7, 11) is 0. The van der Waals surface area contributed by atoms with E-state index in [-0.39, 0.29) is 5.82 Å². The number of fused-ring (bicyclic) bond motifs is 1. The first kappa shape index (κ1) is 13.0. The summed E-state index contributed by atoms with van der Waals surface area (Å²) in [6.07, 6.45) is 2.00. The van der Waals surface area contributed by atoms with Crippen molar-refractivity contribution in [3.63, 3.8) is 0 Å². The van der Waals surface area contributed by atoms with E-state index in [2.05, 4.69) is 29.6 Å². The third-order valence-corrected chi connectivity index (χ3v) is 3.65. The van der Waals surface area contributed by atoms with Crippen LogP contribution in [-0.2, 0) is 12.8 Å². The molecule has 0 saturated carbocycles. The maximum Gasteiger partial charge on any atom is 0.145 e. The van der Waals surface area contributed by atoms with E-state index in [4.69, 9.17) is 4.74 Å². The van der Waals surface area contributed by atoms with Crippen molar-refractivity contribution in [1.82, 2.24) is 0 Å². The fourth-order valence-corrected chi connectivity index (χ4v) is 2.77. The van der Waals surface area contributed by atoms with Gasteiger partial charge in [-0.25, -0.2) is 4.39 Å². The Labute approximate surface area is 118 Å². The van der Waals surface area contributed by atoms with Crippen LogP contribution in [0.5, 0.6) is 5.75 Å². The van der Waals surface area contributed by atoms with E-state index in [1.54, 1.807) is 6.07 Å². The van der Waals surface area contributed by atoms with Crippen LogP contribution in [0, 0.1) is 5.82 Å². The zero-order valence-electron chi connectivity index (χ0n) is 11.5. The van der Waals surface area contributed by atoms with Crippen LogP contribution in [0.15, 0.2) is 42.5 Å². The van der Waals surface area contributed by atoms with Crippen molar-refractivity contribution in [2.75, 3.05) is 11.9 Å². The summed E-state index contributed by atoms with van der Waals surface area (Å²) in [5.41, 5.74) is 3.65. The van der Waals surface area contributed by atoms with E-state index in [0.717, 1.165) is 18.5 Å². The number of anilines is 1. The number of benzene rings is 2. The smallest absolute Gasteiger partial charge is 0.145 e. The molecular formula is C17H18FNO. The molecule has 3 heteroatoms. The molecular weight excluding hydrogens is 253 g/mol. The Hall–Kier alpha value is -2.03. The standard InChI is InChI=1S/C17H18FNO/c1-2-20-17-11-14(18)7-8-16(17)19-15-9-12-5-3-4-6-13(12)10-15/h3-8,11,15,19H,2,9-10H2,1H3. The van der Waals surface area contributed by atoms with Crippen molar-refractivity contribution in [3.05, 3.63) is 59.4 Å². The molecule has 0 aromatic heterocycles. The third kappa shape index (κ3) is 2.62. The summed E-state index contributed by atoms with van der Waals surface area (Å²) in [6, 6.07) is 13.5. The molecule has 0 aliphatic heterocycles. The third-order valence-electron chi connectivity index (χ3n) is 3.65. The second kappa shape index (κ2) is 5.53. The van der Waals surface area contributed by atoms with E-state index in [0.29, 0.717) is 18.4 Å². The summed E-state index contributed by atoms with van der Waals surface area (Å²) >= 11 is 0. The van der Waals surface area contributed by atoms with E-state index in [9.17, 15) is 4.39 Å². The predicted molar refractivity (Wildman–Crippen MR) is 78.8 cm³/mol. The van der Waals surface area contributed by atoms with Crippen LogP contribution in [0.2, 0.25) is 0 Å². The highest BCUT2D eigenvalue weighted by molar-refractivity contribution is 5.58. The van der Waals surface area contributed by atoms with Crippen LogP contribution in [0.4, 0.5) is 10.1 Å². The molecule has 20 heavy (non-hydrogen) atoms. The highest BCUT2D eigenvalue weighted by Crippen LogP contribution is 2.30. The Morgan fingerprint density at radius 1 is 1.15 bits per heavy atom. The van der Waals surface area contributed by atoms with E-state index >= 15 is 0 Å². The minimum absolute atomic E-state index is 0.270. The van der Waals surface area contributed by atoms with Crippen LogP contribution in [0.25, 0.3) is 0 Å².